The highest BCUT2D eigenvalue weighted by atomic mass is 35.5. The Bertz CT molecular complexity index is 614. The third-order valence-corrected chi connectivity index (χ3v) is 6.36. The molecule has 1 aromatic heterocycles. The number of H-pyrrole nitrogens is 1. The summed E-state index contributed by atoms with van der Waals surface area (Å²) in [6, 6.07) is 1.43. The van der Waals surface area contributed by atoms with Crippen LogP contribution in [0.3, 0.4) is 0 Å². The van der Waals surface area contributed by atoms with E-state index >= 15 is 0 Å². The Morgan fingerprint density at radius 1 is 1.43 bits per heavy atom. The number of aromatic nitrogens is 1. The fourth-order valence-electron chi connectivity index (χ4n) is 2.17. The molecule has 1 fully saturated rings. The van der Waals surface area contributed by atoms with Gasteiger partial charge in [0, 0.05) is 50.9 Å². The summed E-state index contributed by atoms with van der Waals surface area (Å²) in [6.45, 7) is 2.27. The molecular formula is C13H23ClN4O3S2. The third kappa shape index (κ3) is 4.87. The van der Waals surface area contributed by atoms with Gasteiger partial charge >= 0.3 is 0 Å². The minimum Gasteiger partial charge on any atom is -0.356 e. The lowest BCUT2D eigenvalue weighted by molar-refractivity contribution is 0.0791. The summed E-state index contributed by atoms with van der Waals surface area (Å²) in [7, 11) is -0.00666. The first-order valence-corrected chi connectivity index (χ1v) is 9.72. The van der Waals surface area contributed by atoms with Crippen LogP contribution in [0.5, 0.6) is 0 Å². The number of hydrogen-bond donors (Lipinski definition) is 2. The number of rotatable bonds is 6. The van der Waals surface area contributed by atoms with Gasteiger partial charge in [-0.3, -0.25) is 4.79 Å². The fraction of sp³-hybridized carbons (Fsp3) is 0.615. The molecule has 0 saturated carbocycles. The summed E-state index contributed by atoms with van der Waals surface area (Å²) in [4.78, 5) is 16.7. The number of amides is 1. The lowest BCUT2D eigenvalue weighted by Gasteiger charge is -2.24. The molecule has 0 unspecified atom stereocenters. The highest BCUT2D eigenvalue weighted by Gasteiger charge is 2.28. The molecule has 2 N–H and O–H groups in total. The van der Waals surface area contributed by atoms with Gasteiger partial charge < -0.3 is 15.2 Å². The van der Waals surface area contributed by atoms with Crippen molar-refractivity contribution in [3.63, 3.8) is 0 Å². The number of nitrogens with zero attached hydrogens (tertiary/aromatic N) is 2. The van der Waals surface area contributed by atoms with E-state index in [1.165, 1.54) is 16.6 Å². The number of aromatic amines is 1. The van der Waals surface area contributed by atoms with Crippen molar-refractivity contribution in [1.29, 1.82) is 0 Å². The Balaban J connectivity index is 0.00000264. The number of likely N-dealkylation sites (N-methyl/N-ethyl adjacent to an activating group) is 2. The summed E-state index contributed by atoms with van der Waals surface area (Å²) in [5.74, 6) is 1.40. The molecule has 2 heterocycles. The molecular weight excluding hydrogens is 360 g/mol. The second kappa shape index (κ2) is 8.93. The van der Waals surface area contributed by atoms with Crippen LogP contribution in [0.2, 0.25) is 0 Å². The van der Waals surface area contributed by atoms with E-state index in [0.29, 0.717) is 31.9 Å². The molecule has 132 valence electrons. The molecule has 1 aromatic rings. The summed E-state index contributed by atoms with van der Waals surface area (Å²) in [5.41, 5.74) is 0.295. The van der Waals surface area contributed by atoms with Crippen LogP contribution >= 0.6 is 24.2 Å². The first kappa shape index (κ1) is 20.3. The van der Waals surface area contributed by atoms with E-state index < -0.39 is 10.0 Å². The van der Waals surface area contributed by atoms with Gasteiger partial charge in [0.1, 0.15) is 10.6 Å². The Morgan fingerprint density at radius 3 is 2.70 bits per heavy atom. The van der Waals surface area contributed by atoms with Gasteiger partial charge in [-0.1, -0.05) is 0 Å². The van der Waals surface area contributed by atoms with Crippen molar-refractivity contribution in [2.45, 2.75) is 4.90 Å². The summed E-state index contributed by atoms with van der Waals surface area (Å²) < 4.78 is 26.5. The van der Waals surface area contributed by atoms with Crippen molar-refractivity contribution >= 4 is 40.1 Å². The Kier molecular flexibility index (Phi) is 7.88. The standard InChI is InChI=1S/C13H22N4O3S2.ClH/c1-14-3-4-16(2)13(18)12-9-11(10-15-12)22(19,20)17-5-7-21-8-6-17;/h9-10,14-15H,3-8H2,1-2H3;1H. The number of carbonyl (C=O) groups is 1. The molecule has 0 atom stereocenters. The van der Waals surface area contributed by atoms with Crippen LogP contribution in [0.15, 0.2) is 17.2 Å². The third-order valence-electron chi connectivity index (χ3n) is 3.54. The topological polar surface area (TPSA) is 85.5 Å². The molecule has 0 aromatic carbocycles. The van der Waals surface area contributed by atoms with Crippen LogP contribution in [0.4, 0.5) is 0 Å². The lowest BCUT2D eigenvalue weighted by Crippen LogP contribution is -2.37. The Labute approximate surface area is 147 Å². The maximum Gasteiger partial charge on any atom is 0.270 e. The highest BCUT2D eigenvalue weighted by molar-refractivity contribution is 7.99. The van der Waals surface area contributed by atoms with Gasteiger partial charge in [0.25, 0.3) is 5.91 Å². The largest absolute Gasteiger partial charge is 0.356 e. The van der Waals surface area contributed by atoms with Crippen molar-refractivity contribution in [1.82, 2.24) is 19.5 Å². The lowest BCUT2D eigenvalue weighted by atomic mass is 10.3. The fourth-order valence-corrected chi connectivity index (χ4v) is 4.74. The van der Waals surface area contributed by atoms with Crippen molar-refractivity contribution in [3.05, 3.63) is 18.0 Å². The average Bonchev–Trinajstić information content (AvgIpc) is 3.03. The average molecular weight is 383 g/mol. The van der Waals surface area contributed by atoms with Crippen molar-refractivity contribution in [3.8, 4) is 0 Å². The number of hydrogen-bond acceptors (Lipinski definition) is 5. The molecule has 23 heavy (non-hydrogen) atoms. The molecule has 2 rings (SSSR count). The highest BCUT2D eigenvalue weighted by Crippen LogP contribution is 2.21. The molecule has 7 nitrogen and oxygen atoms in total. The first-order chi connectivity index (χ1) is 10.5. The SMILES string of the molecule is CNCCN(C)C(=O)c1cc(S(=O)(=O)N2CCSCC2)c[nH]1.Cl. The van der Waals surface area contributed by atoms with E-state index in [-0.39, 0.29) is 23.2 Å². The van der Waals surface area contributed by atoms with Crippen LogP contribution in [0.25, 0.3) is 0 Å². The van der Waals surface area contributed by atoms with E-state index in [2.05, 4.69) is 10.3 Å². The molecule has 1 aliphatic rings. The Morgan fingerprint density at radius 2 is 2.09 bits per heavy atom. The second-order valence-corrected chi connectivity index (χ2v) is 8.26. The van der Waals surface area contributed by atoms with Crippen LogP contribution in [-0.4, -0.2) is 80.3 Å². The normalized spacial score (nSPS) is 15.9. The minimum atomic E-state index is -3.51. The summed E-state index contributed by atoms with van der Waals surface area (Å²) in [5, 5.41) is 2.97. The van der Waals surface area contributed by atoms with Crippen molar-refractivity contribution < 1.29 is 13.2 Å². The predicted molar refractivity (Wildman–Crippen MR) is 95.0 cm³/mol. The summed E-state index contributed by atoms with van der Waals surface area (Å²) >= 11 is 1.75. The van der Waals surface area contributed by atoms with Crippen molar-refractivity contribution in [2.75, 3.05) is 51.8 Å². The van der Waals surface area contributed by atoms with Gasteiger partial charge in [-0.15, -0.1) is 12.4 Å². The molecule has 0 aliphatic carbocycles. The molecule has 1 amide bonds. The zero-order valence-electron chi connectivity index (χ0n) is 13.2. The first-order valence-electron chi connectivity index (χ1n) is 7.13. The zero-order chi connectivity index (χ0) is 16.2. The van der Waals surface area contributed by atoms with Gasteiger partial charge in [-0.2, -0.15) is 16.1 Å². The molecule has 1 aliphatic heterocycles. The van der Waals surface area contributed by atoms with E-state index in [0.717, 1.165) is 11.5 Å². The number of carbonyl (C=O) groups excluding carboxylic acids is 1. The van der Waals surface area contributed by atoms with Gasteiger partial charge in [-0.05, 0) is 13.1 Å². The van der Waals surface area contributed by atoms with Gasteiger partial charge in [0.05, 0.1) is 0 Å². The minimum absolute atomic E-state index is 0. The van der Waals surface area contributed by atoms with E-state index in [1.807, 2.05) is 7.05 Å². The number of sulfonamides is 1. The van der Waals surface area contributed by atoms with Gasteiger partial charge in [0.2, 0.25) is 10.0 Å². The van der Waals surface area contributed by atoms with Crippen LogP contribution < -0.4 is 5.32 Å². The molecule has 10 heteroatoms. The van der Waals surface area contributed by atoms with Crippen LogP contribution in [0, 0.1) is 0 Å². The van der Waals surface area contributed by atoms with Crippen molar-refractivity contribution in [2.24, 2.45) is 0 Å². The molecule has 0 spiro atoms. The Hall–Kier alpha value is -0.740. The van der Waals surface area contributed by atoms with E-state index in [1.54, 1.807) is 23.7 Å². The maximum atomic E-state index is 12.5. The summed E-state index contributed by atoms with van der Waals surface area (Å²) in [6.07, 6.45) is 1.40. The zero-order valence-corrected chi connectivity index (χ0v) is 15.7. The number of thioether (sulfide) groups is 1. The van der Waals surface area contributed by atoms with E-state index in [4.69, 9.17) is 0 Å². The molecule has 0 bridgehead atoms. The molecule has 0 radical (unpaired) electrons. The second-order valence-electron chi connectivity index (χ2n) is 5.10. The molecule has 1 saturated heterocycles. The van der Waals surface area contributed by atoms with Gasteiger partial charge in [-0.25, -0.2) is 8.42 Å². The van der Waals surface area contributed by atoms with Crippen LogP contribution in [0.1, 0.15) is 10.5 Å². The predicted octanol–water partition coefficient (Wildman–Crippen LogP) is 0.465. The quantitative estimate of drug-likeness (QED) is 0.746. The maximum absolute atomic E-state index is 12.5. The van der Waals surface area contributed by atoms with E-state index in [9.17, 15) is 13.2 Å². The monoisotopic (exact) mass is 382 g/mol. The van der Waals surface area contributed by atoms with Crippen LogP contribution in [-0.2, 0) is 10.0 Å². The smallest absolute Gasteiger partial charge is 0.270 e. The number of halogens is 1. The van der Waals surface area contributed by atoms with Gasteiger partial charge in [0.15, 0.2) is 0 Å². The number of nitrogens with one attached hydrogen (secondary N) is 2.